The molecule has 22 heavy (non-hydrogen) atoms. The van der Waals surface area contributed by atoms with E-state index in [2.05, 4.69) is 15.3 Å². The molecule has 114 valence electrons. The standard InChI is InChI=1S/C14H15N5O3/c1-19(2)13(20)10-5-9(7-17-12(10)15)8-3-4-16-11(6-8)18-14(21)22/h3-7H,1-2H3,(H2,15,17)(H,16,18)(H,21,22). The number of anilines is 2. The first-order valence-corrected chi connectivity index (χ1v) is 6.32. The highest BCUT2D eigenvalue weighted by Crippen LogP contribution is 2.24. The summed E-state index contributed by atoms with van der Waals surface area (Å²) in [4.78, 5) is 32.0. The number of nitrogens with one attached hydrogen (secondary N) is 1. The summed E-state index contributed by atoms with van der Waals surface area (Å²) < 4.78 is 0. The highest BCUT2D eigenvalue weighted by Gasteiger charge is 2.14. The van der Waals surface area contributed by atoms with E-state index in [0.717, 1.165) is 0 Å². The van der Waals surface area contributed by atoms with Gasteiger partial charge in [-0.3, -0.25) is 10.1 Å². The van der Waals surface area contributed by atoms with Crippen LogP contribution in [0.5, 0.6) is 0 Å². The number of nitrogens with zero attached hydrogens (tertiary/aromatic N) is 3. The lowest BCUT2D eigenvalue weighted by Crippen LogP contribution is -2.23. The molecule has 2 heterocycles. The molecule has 0 saturated carbocycles. The van der Waals surface area contributed by atoms with Gasteiger partial charge >= 0.3 is 6.09 Å². The third-order valence-corrected chi connectivity index (χ3v) is 2.88. The third kappa shape index (κ3) is 3.29. The van der Waals surface area contributed by atoms with E-state index in [1.807, 2.05) is 0 Å². The lowest BCUT2D eigenvalue weighted by molar-refractivity contribution is 0.0828. The zero-order valence-electron chi connectivity index (χ0n) is 12.1. The number of nitrogens with two attached hydrogens (primary N) is 1. The summed E-state index contributed by atoms with van der Waals surface area (Å²) in [5.74, 6) is 0.0625. The fourth-order valence-corrected chi connectivity index (χ4v) is 1.83. The van der Waals surface area contributed by atoms with Crippen LogP contribution in [0.15, 0.2) is 30.6 Å². The van der Waals surface area contributed by atoms with Crippen LogP contribution in [0.3, 0.4) is 0 Å². The van der Waals surface area contributed by atoms with Gasteiger partial charge in [0.15, 0.2) is 0 Å². The number of nitrogen functional groups attached to an aromatic ring is 1. The van der Waals surface area contributed by atoms with E-state index in [9.17, 15) is 9.59 Å². The Kier molecular flexibility index (Phi) is 4.21. The van der Waals surface area contributed by atoms with E-state index >= 15 is 0 Å². The Bertz CT molecular complexity index is 730. The average molecular weight is 301 g/mol. The van der Waals surface area contributed by atoms with Gasteiger partial charge in [-0.1, -0.05) is 0 Å². The molecule has 8 heteroatoms. The van der Waals surface area contributed by atoms with Crippen molar-refractivity contribution in [2.45, 2.75) is 0 Å². The Hall–Kier alpha value is -3.16. The Morgan fingerprint density at radius 2 is 1.95 bits per heavy atom. The van der Waals surface area contributed by atoms with Gasteiger partial charge in [0.25, 0.3) is 5.91 Å². The minimum absolute atomic E-state index is 0.139. The third-order valence-electron chi connectivity index (χ3n) is 2.88. The van der Waals surface area contributed by atoms with Gasteiger partial charge in [0.05, 0.1) is 5.56 Å². The molecule has 0 radical (unpaired) electrons. The number of carbonyl (C=O) groups is 2. The Labute approximate surface area is 126 Å². The van der Waals surface area contributed by atoms with Crippen LogP contribution in [0, 0.1) is 0 Å². The van der Waals surface area contributed by atoms with Gasteiger partial charge in [-0.05, 0) is 23.8 Å². The molecule has 2 amide bonds. The topological polar surface area (TPSA) is 121 Å². The van der Waals surface area contributed by atoms with Gasteiger partial charge in [0.2, 0.25) is 0 Å². The summed E-state index contributed by atoms with van der Waals surface area (Å²) in [7, 11) is 3.24. The number of hydrogen-bond donors (Lipinski definition) is 3. The van der Waals surface area contributed by atoms with E-state index in [1.54, 1.807) is 32.3 Å². The second-order valence-electron chi connectivity index (χ2n) is 4.72. The fraction of sp³-hybridized carbons (Fsp3) is 0.143. The lowest BCUT2D eigenvalue weighted by atomic mass is 10.1. The normalized spacial score (nSPS) is 10.1. The predicted octanol–water partition coefficient (Wildman–Crippen LogP) is 1.52. The summed E-state index contributed by atoms with van der Waals surface area (Å²) in [6.45, 7) is 0. The number of rotatable bonds is 3. The highest BCUT2D eigenvalue weighted by atomic mass is 16.4. The summed E-state index contributed by atoms with van der Waals surface area (Å²) in [6.07, 6.45) is 1.77. The molecular formula is C14H15N5O3. The molecule has 0 aliphatic carbocycles. The molecule has 0 aliphatic heterocycles. The van der Waals surface area contributed by atoms with Crippen LogP contribution in [0.1, 0.15) is 10.4 Å². The van der Waals surface area contributed by atoms with E-state index in [0.29, 0.717) is 11.1 Å². The maximum absolute atomic E-state index is 12.1. The molecule has 0 spiro atoms. The van der Waals surface area contributed by atoms with Crippen LogP contribution < -0.4 is 11.1 Å². The van der Waals surface area contributed by atoms with Crippen molar-refractivity contribution in [3.05, 3.63) is 36.2 Å². The molecule has 0 aliphatic rings. The van der Waals surface area contributed by atoms with Crippen molar-refractivity contribution in [3.8, 4) is 11.1 Å². The SMILES string of the molecule is CN(C)C(=O)c1cc(-c2ccnc(NC(=O)O)c2)cnc1N. The van der Waals surface area contributed by atoms with E-state index in [1.165, 1.54) is 17.3 Å². The zero-order valence-corrected chi connectivity index (χ0v) is 12.1. The zero-order chi connectivity index (χ0) is 16.3. The van der Waals surface area contributed by atoms with Crippen LogP contribution in [-0.2, 0) is 0 Å². The van der Waals surface area contributed by atoms with Crippen LogP contribution >= 0.6 is 0 Å². The van der Waals surface area contributed by atoms with Gasteiger partial charge in [0, 0.05) is 32.1 Å². The number of carboxylic acid groups (broad SMARTS) is 1. The number of aromatic nitrogens is 2. The van der Waals surface area contributed by atoms with Crippen molar-refractivity contribution in [2.75, 3.05) is 25.1 Å². The Morgan fingerprint density at radius 3 is 2.59 bits per heavy atom. The summed E-state index contributed by atoms with van der Waals surface area (Å²) in [5, 5.41) is 10.9. The minimum atomic E-state index is -1.21. The monoisotopic (exact) mass is 301 g/mol. The molecule has 2 rings (SSSR count). The second kappa shape index (κ2) is 6.08. The molecule has 8 nitrogen and oxygen atoms in total. The number of carbonyl (C=O) groups excluding carboxylic acids is 1. The van der Waals surface area contributed by atoms with Gasteiger partial charge < -0.3 is 15.7 Å². The van der Waals surface area contributed by atoms with Crippen LogP contribution in [0.25, 0.3) is 11.1 Å². The number of amides is 2. The largest absolute Gasteiger partial charge is 0.465 e. The Morgan fingerprint density at radius 1 is 1.23 bits per heavy atom. The maximum Gasteiger partial charge on any atom is 0.410 e. The van der Waals surface area contributed by atoms with Gasteiger partial charge in [-0.15, -0.1) is 0 Å². The molecule has 0 bridgehead atoms. The molecule has 4 N–H and O–H groups in total. The van der Waals surface area contributed by atoms with E-state index < -0.39 is 6.09 Å². The van der Waals surface area contributed by atoms with E-state index in [4.69, 9.17) is 10.8 Å². The molecule has 0 atom stereocenters. The molecule has 0 fully saturated rings. The van der Waals surface area contributed by atoms with Crippen LogP contribution in [-0.4, -0.2) is 46.1 Å². The van der Waals surface area contributed by atoms with Crippen molar-refractivity contribution in [3.63, 3.8) is 0 Å². The van der Waals surface area contributed by atoms with Crippen LogP contribution in [0.2, 0.25) is 0 Å². The van der Waals surface area contributed by atoms with Crippen molar-refractivity contribution < 1.29 is 14.7 Å². The van der Waals surface area contributed by atoms with Crippen molar-refractivity contribution >= 4 is 23.6 Å². The summed E-state index contributed by atoms with van der Waals surface area (Å²) in [5.41, 5.74) is 7.33. The van der Waals surface area contributed by atoms with E-state index in [-0.39, 0.29) is 23.1 Å². The summed E-state index contributed by atoms with van der Waals surface area (Å²) >= 11 is 0. The van der Waals surface area contributed by atoms with Crippen molar-refractivity contribution in [1.29, 1.82) is 0 Å². The van der Waals surface area contributed by atoms with Gasteiger partial charge in [0.1, 0.15) is 11.6 Å². The predicted molar refractivity (Wildman–Crippen MR) is 81.5 cm³/mol. The second-order valence-corrected chi connectivity index (χ2v) is 4.72. The smallest absolute Gasteiger partial charge is 0.410 e. The van der Waals surface area contributed by atoms with Crippen molar-refractivity contribution in [1.82, 2.24) is 14.9 Å². The fourth-order valence-electron chi connectivity index (χ4n) is 1.83. The Balaban J connectivity index is 2.43. The average Bonchev–Trinajstić information content (AvgIpc) is 2.46. The highest BCUT2D eigenvalue weighted by molar-refractivity contribution is 5.99. The maximum atomic E-state index is 12.1. The molecule has 2 aromatic rings. The quantitative estimate of drug-likeness (QED) is 0.790. The minimum Gasteiger partial charge on any atom is -0.465 e. The lowest BCUT2D eigenvalue weighted by Gasteiger charge is -2.13. The summed E-state index contributed by atoms with van der Waals surface area (Å²) in [6, 6.07) is 4.85. The molecule has 0 saturated heterocycles. The number of pyridine rings is 2. The van der Waals surface area contributed by atoms with Gasteiger partial charge in [-0.2, -0.15) is 0 Å². The van der Waals surface area contributed by atoms with Crippen LogP contribution in [0.4, 0.5) is 16.4 Å². The first kappa shape index (κ1) is 15.2. The first-order valence-electron chi connectivity index (χ1n) is 6.32. The van der Waals surface area contributed by atoms with Gasteiger partial charge in [-0.25, -0.2) is 14.8 Å². The molecule has 0 unspecified atom stereocenters. The number of hydrogen-bond acceptors (Lipinski definition) is 5. The molecule has 2 aromatic heterocycles. The first-order chi connectivity index (χ1) is 10.4. The van der Waals surface area contributed by atoms with Crippen molar-refractivity contribution in [2.24, 2.45) is 0 Å². The molecular weight excluding hydrogens is 286 g/mol. The molecule has 0 aromatic carbocycles.